The summed E-state index contributed by atoms with van der Waals surface area (Å²) in [6, 6.07) is 0. The molecular weight excluding hydrogens is 336 g/mol. The van der Waals surface area contributed by atoms with Crippen molar-refractivity contribution in [3.63, 3.8) is 0 Å². The Balaban J connectivity index is 1.73. The van der Waals surface area contributed by atoms with Crippen molar-refractivity contribution in [2.24, 2.45) is 23.7 Å². The topological polar surface area (TPSA) is 79.3 Å². The number of nitrogens with zero attached hydrogens (tertiary/aromatic N) is 1. The molecule has 0 aromatic carbocycles. The maximum Gasteiger partial charge on any atom is 0.307 e. The number of carboxylic acids is 1. The molecule has 1 aromatic rings. The highest BCUT2D eigenvalue weighted by molar-refractivity contribution is 7.13. The van der Waals surface area contributed by atoms with Gasteiger partial charge in [0.05, 0.1) is 11.8 Å². The van der Waals surface area contributed by atoms with Crippen LogP contribution in [0, 0.1) is 23.7 Å². The summed E-state index contributed by atoms with van der Waals surface area (Å²) >= 11 is 1.37. The molecule has 134 valence electrons. The number of amides is 1. The van der Waals surface area contributed by atoms with Crippen molar-refractivity contribution >= 4 is 28.3 Å². The fourth-order valence-corrected chi connectivity index (χ4v) is 5.85. The van der Waals surface area contributed by atoms with Crippen LogP contribution in [0.25, 0.3) is 0 Å². The summed E-state index contributed by atoms with van der Waals surface area (Å²) < 4.78 is 0. The maximum absolute atomic E-state index is 13.1. The predicted octanol–water partition coefficient (Wildman–Crippen LogP) is 4.09. The van der Waals surface area contributed by atoms with Gasteiger partial charge in [-0.1, -0.05) is 24.0 Å². The molecule has 0 aliphatic heterocycles. The third-order valence-electron chi connectivity index (χ3n) is 6.23. The number of hydrogen-bond donors (Lipinski definition) is 2. The summed E-state index contributed by atoms with van der Waals surface area (Å²) in [4.78, 5) is 29.4. The van der Waals surface area contributed by atoms with E-state index in [-0.39, 0.29) is 17.7 Å². The molecule has 2 saturated carbocycles. The maximum atomic E-state index is 13.1. The van der Waals surface area contributed by atoms with E-state index in [1.54, 1.807) is 6.20 Å². The summed E-state index contributed by atoms with van der Waals surface area (Å²) in [5.41, 5.74) is 2.81. The number of fused-ring (bicyclic) bond motifs is 2. The monoisotopic (exact) mass is 360 g/mol. The zero-order valence-corrected chi connectivity index (χ0v) is 15.1. The van der Waals surface area contributed by atoms with Crippen LogP contribution in [0.4, 0.5) is 5.13 Å². The lowest BCUT2D eigenvalue weighted by Crippen LogP contribution is -2.48. The Morgan fingerprint density at radius 2 is 1.68 bits per heavy atom. The van der Waals surface area contributed by atoms with Crippen LogP contribution >= 0.6 is 11.3 Å². The third-order valence-corrected chi connectivity index (χ3v) is 6.92. The number of carboxylic acid groups (broad SMARTS) is 1. The van der Waals surface area contributed by atoms with E-state index in [1.807, 2.05) is 5.38 Å². The number of thiazole rings is 1. The Morgan fingerprint density at radius 1 is 1.04 bits per heavy atom. The van der Waals surface area contributed by atoms with Crippen molar-refractivity contribution in [2.45, 2.75) is 51.4 Å². The average Bonchev–Trinajstić information content (AvgIpc) is 3.13. The molecule has 0 spiro atoms. The number of carbonyl (C=O) groups is 2. The molecule has 3 aliphatic carbocycles. The van der Waals surface area contributed by atoms with E-state index in [0.29, 0.717) is 5.13 Å². The van der Waals surface area contributed by atoms with Gasteiger partial charge in [0.2, 0.25) is 5.91 Å². The van der Waals surface area contributed by atoms with Crippen molar-refractivity contribution in [3.8, 4) is 0 Å². The Kier molecular flexibility index (Phi) is 4.63. The fraction of sp³-hybridized carbons (Fsp3) is 0.632. The van der Waals surface area contributed by atoms with Crippen molar-refractivity contribution in [3.05, 3.63) is 22.7 Å². The molecule has 0 radical (unpaired) electrons. The second-order valence-corrected chi connectivity index (χ2v) is 8.37. The highest BCUT2D eigenvalue weighted by Crippen LogP contribution is 2.53. The van der Waals surface area contributed by atoms with Crippen LogP contribution in [-0.2, 0) is 9.59 Å². The van der Waals surface area contributed by atoms with Crippen molar-refractivity contribution < 1.29 is 14.7 Å². The van der Waals surface area contributed by atoms with Crippen molar-refractivity contribution in [2.75, 3.05) is 5.32 Å². The van der Waals surface area contributed by atoms with E-state index in [1.165, 1.54) is 28.9 Å². The predicted molar refractivity (Wildman–Crippen MR) is 96.3 cm³/mol. The summed E-state index contributed by atoms with van der Waals surface area (Å²) in [5.74, 6) is -1.89. The minimum atomic E-state index is -0.812. The number of rotatable bonds is 3. The molecule has 1 amide bonds. The lowest BCUT2D eigenvalue weighted by Gasteiger charge is -2.46. The first-order chi connectivity index (χ1) is 12.2. The molecule has 0 bridgehead atoms. The van der Waals surface area contributed by atoms with Crippen LogP contribution in [0.15, 0.2) is 22.7 Å². The summed E-state index contributed by atoms with van der Waals surface area (Å²) in [6.07, 6.45) is 10.0. The van der Waals surface area contributed by atoms with Crippen LogP contribution in [0.1, 0.15) is 51.4 Å². The van der Waals surface area contributed by atoms with Gasteiger partial charge >= 0.3 is 5.97 Å². The summed E-state index contributed by atoms with van der Waals surface area (Å²) in [5, 5.41) is 15.3. The van der Waals surface area contributed by atoms with Gasteiger partial charge in [0.25, 0.3) is 0 Å². The number of allylic oxidation sites excluding steroid dienone is 2. The SMILES string of the molecule is O=C(O)[C@@H]1[C@@H](C(=O)Nc2nccs2)[C@H]2CCCCC2=C2CCCC[C@@H]21. The first-order valence-electron chi connectivity index (χ1n) is 9.32. The molecule has 6 heteroatoms. The first kappa shape index (κ1) is 16.8. The van der Waals surface area contributed by atoms with Gasteiger partial charge in [-0.2, -0.15) is 0 Å². The number of anilines is 1. The molecule has 1 aromatic heterocycles. The molecular formula is C19H24N2O3S. The van der Waals surface area contributed by atoms with Gasteiger partial charge in [0.1, 0.15) is 0 Å². The van der Waals surface area contributed by atoms with E-state index in [9.17, 15) is 14.7 Å². The lowest BCUT2D eigenvalue weighted by molar-refractivity contribution is -0.150. The molecule has 0 saturated heterocycles. The molecule has 2 fully saturated rings. The number of aromatic nitrogens is 1. The Hall–Kier alpha value is -1.69. The van der Waals surface area contributed by atoms with Crippen LogP contribution in [0.3, 0.4) is 0 Å². The number of nitrogens with one attached hydrogen (secondary N) is 1. The number of aliphatic carboxylic acids is 1. The van der Waals surface area contributed by atoms with Crippen LogP contribution in [0.2, 0.25) is 0 Å². The van der Waals surface area contributed by atoms with Gasteiger partial charge in [-0.3, -0.25) is 9.59 Å². The van der Waals surface area contributed by atoms with E-state index in [4.69, 9.17) is 0 Å². The molecule has 2 N–H and O–H groups in total. The smallest absolute Gasteiger partial charge is 0.307 e. The minimum absolute atomic E-state index is 0.0441. The molecule has 5 nitrogen and oxygen atoms in total. The first-order valence-corrected chi connectivity index (χ1v) is 10.2. The zero-order valence-electron chi connectivity index (χ0n) is 14.2. The molecule has 3 aliphatic rings. The van der Waals surface area contributed by atoms with Gasteiger partial charge < -0.3 is 10.4 Å². The molecule has 4 rings (SSSR count). The molecule has 0 unspecified atom stereocenters. The summed E-state index contributed by atoms with van der Waals surface area (Å²) in [7, 11) is 0. The summed E-state index contributed by atoms with van der Waals surface area (Å²) in [6.45, 7) is 0. The normalized spacial score (nSPS) is 31.8. The Morgan fingerprint density at radius 3 is 2.24 bits per heavy atom. The van der Waals surface area contributed by atoms with Crippen LogP contribution in [-0.4, -0.2) is 22.0 Å². The quantitative estimate of drug-likeness (QED) is 0.796. The number of hydrogen-bond acceptors (Lipinski definition) is 4. The lowest BCUT2D eigenvalue weighted by atomic mass is 9.57. The third kappa shape index (κ3) is 3.01. The van der Waals surface area contributed by atoms with Gasteiger partial charge in [0, 0.05) is 11.6 Å². The second-order valence-electron chi connectivity index (χ2n) is 7.47. The van der Waals surface area contributed by atoms with Gasteiger partial charge in [-0.15, -0.1) is 11.3 Å². The van der Waals surface area contributed by atoms with Crippen LogP contribution in [0.5, 0.6) is 0 Å². The molecule has 25 heavy (non-hydrogen) atoms. The highest BCUT2D eigenvalue weighted by Gasteiger charge is 2.51. The number of carbonyl (C=O) groups excluding carboxylic acids is 1. The van der Waals surface area contributed by atoms with E-state index in [0.717, 1.165) is 44.9 Å². The van der Waals surface area contributed by atoms with E-state index < -0.39 is 17.8 Å². The van der Waals surface area contributed by atoms with Crippen LogP contribution < -0.4 is 5.32 Å². The van der Waals surface area contributed by atoms with Crippen molar-refractivity contribution in [1.29, 1.82) is 0 Å². The highest BCUT2D eigenvalue weighted by atomic mass is 32.1. The largest absolute Gasteiger partial charge is 0.481 e. The minimum Gasteiger partial charge on any atom is -0.481 e. The van der Waals surface area contributed by atoms with Gasteiger partial charge in [-0.05, 0) is 50.4 Å². The zero-order chi connectivity index (χ0) is 17.4. The Bertz CT molecular complexity index is 698. The molecule has 1 heterocycles. The molecule has 4 atom stereocenters. The second kappa shape index (κ2) is 6.90. The fourth-order valence-electron chi connectivity index (χ4n) is 5.31. The van der Waals surface area contributed by atoms with E-state index in [2.05, 4.69) is 10.3 Å². The van der Waals surface area contributed by atoms with Gasteiger partial charge in [-0.25, -0.2) is 4.98 Å². The van der Waals surface area contributed by atoms with Crippen molar-refractivity contribution in [1.82, 2.24) is 4.98 Å². The van der Waals surface area contributed by atoms with Gasteiger partial charge in [0.15, 0.2) is 5.13 Å². The average molecular weight is 360 g/mol. The van der Waals surface area contributed by atoms with E-state index >= 15 is 0 Å². The Labute approximate surface area is 151 Å². The standard InChI is InChI=1S/C19H24N2O3S/c22-17(21-19-20-9-10-25-19)15-13-7-3-1-5-11(13)12-6-2-4-8-14(12)16(15)18(23)24/h9-10,13-16H,1-8H2,(H,23,24)(H,20,21,22)/t13-,14-,15-,16-/m0/s1.